The minimum atomic E-state index is 0.449. The first kappa shape index (κ1) is 15.5. The maximum Gasteiger partial charge on any atom is 0.229 e. The second-order valence-electron chi connectivity index (χ2n) is 4.73. The first-order valence-corrected chi connectivity index (χ1v) is 7.64. The maximum absolute atomic E-state index is 6.14. The van der Waals surface area contributed by atoms with Gasteiger partial charge in [-0.2, -0.15) is 4.98 Å². The van der Waals surface area contributed by atoms with E-state index < -0.39 is 0 Å². The van der Waals surface area contributed by atoms with E-state index in [1.54, 1.807) is 42.9 Å². The molecule has 0 spiro atoms. The smallest absolute Gasteiger partial charge is 0.229 e. The van der Waals surface area contributed by atoms with Crippen LogP contribution in [-0.2, 0) is 6.54 Å². The van der Waals surface area contributed by atoms with Gasteiger partial charge in [-0.15, -0.1) is 0 Å². The summed E-state index contributed by atoms with van der Waals surface area (Å²) in [6.07, 6.45) is 5.22. The fraction of sp³-hybridized carbons (Fsp3) is 0.0625. The van der Waals surface area contributed by atoms with Crippen LogP contribution < -0.4 is 10.6 Å². The predicted molar refractivity (Wildman–Crippen MR) is 93.3 cm³/mol. The molecule has 2 aromatic heterocycles. The molecule has 23 heavy (non-hydrogen) atoms. The Morgan fingerprint density at radius 3 is 2.74 bits per heavy atom. The third-order valence-electron chi connectivity index (χ3n) is 3.03. The van der Waals surface area contributed by atoms with E-state index in [0.29, 0.717) is 34.0 Å². The summed E-state index contributed by atoms with van der Waals surface area (Å²) >= 11 is 12.0. The summed E-state index contributed by atoms with van der Waals surface area (Å²) in [6, 6.07) is 10.9. The summed E-state index contributed by atoms with van der Waals surface area (Å²) in [4.78, 5) is 12.7. The highest BCUT2D eigenvalue weighted by atomic mass is 35.5. The van der Waals surface area contributed by atoms with Crippen molar-refractivity contribution in [1.29, 1.82) is 0 Å². The molecule has 1 aromatic carbocycles. The first-order chi connectivity index (χ1) is 11.2. The molecule has 0 atom stereocenters. The van der Waals surface area contributed by atoms with Gasteiger partial charge in [-0.05, 0) is 35.9 Å². The van der Waals surface area contributed by atoms with E-state index in [4.69, 9.17) is 23.2 Å². The standard InChI is InChI=1S/C16H13Cl2N5/c17-12-3-4-14(13(18)8-12)22-16-20-7-5-15(23-16)21-10-11-2-1-6-19-9-11/h1-9H,10H2,(H2,20,21,22,23). The largest absolute Gasteiger partial charge is 0.366 e. The SMILES string of the molecule is Clc1ccc(Nc2nccc(NCc3cccnc3)n2)c(Cl)c1. The van der Waals surface area contributed by atoms with E-state index in [0.717, 1.165) is 5.56 Å². The average molecular weight is 346 g/mol. The number of hydrogen-bond acceptors (Lipinski definition) is 5. The number of aromatic nitrogens is 3. The van der Waals surface area contributed by atoms with Crippen LogP contribution in [0.4, 0.5) is 17.5 Å². The lowest BCUT2D eigenvalue weighted by Gasteiger charge is -2.09. The van der Waals surface area contributed by atoms with Gasteiger partial charge in [0.15, 0.2) is 0 Å². The fourth-order valence-corrected chi connectivity index (χ4v) is 2.38. The molecule has 3 aromatic rings. The number of benzene rings is 1. The van der Waals surface area contributed by atoms with Gasteiger partial charge in [0, 0.05) is 30.2 Å². The quantitative estimate of drug-likeness (QED) is 0.710. The van der Waals surface area contributed by atoms with Crippen LogP contribution in [0.1, 0.15) is 5.56 Å². The van der Waals surface area contributed by atoms with Crippen molar-refractivity contribution in [3.63, 3.8) is 0 Å². The van der Waals surface area contributed by atoms with Gasteiger partial charge in [-0.25, -0.2) is 4.98 Å². The normalized spacial score (nSPS) is 10.3. The lowest BCUT2D eigenvalue weighted by Crippen LogP contribution is -2.04. The zero-order chi connectivity index (χ0) is 16.1. The third kappa shape index (κ3) is 4.31. The minimum absolute atomic E-state index is 0.449. The number of anilines is 3. The van der Waals surface area contributed by atoms with Crippen molar-refractivity contribution in [3.8, 4) is 0 Å². The van der Waals surface area contributed by atoms with E-state index in [1.165, 1.54) is 0 Å². The highest BCUT2D eigenvalue weighted by Crippen LogP contribution is 2.27. The number of nitrogens with one attached hydrogen (secondary N) is 2. The van der Waals surface area contributed by atoms with Crippen molar-refractivity contribution in [2.45, 2.75) is 6.54 Å². The highest BCUT2D eigenvalue weighted by Gasteiger charge is 2.04. The second kappa shape index (κ2) is 7.26. The number of halogens is 2. The fourth-order valence-electron chi connectivity index (χ4n) is 1.92. The van der Waals surface area contributed by atoms with Crippen molar-refractivity contribution < 1.29 is 0 Å². The number of rotatable bonds is 5. The lowest BCUT2D eigenvalue weighted by molar-refractivity contribution is 1.07. The van der Waals surface area contributed by atoms with Crippen LogP contribution in [0.25, 0.3) is 0 Å². The van der Waals surface area contributed by atoms with E-state index in [9.17, 15) is 0 Å². The molecule has 7 heteroatoms. The highest BCUT2D eigenvalue weighted by molar-refractivity contribution is 6.36. The molecule has 0 saturated heterocycles. The van der Waals surface area contributed by atoms with E-state index >= 15 is 0 Å². The van der Waals surface area contributed by atoms with Crippen molar-refractivity contribution in [2.24, 2.45) is 0 Å². The Bertz CT molecular complexity index is 795. The molecule has 0 radical (unpaired) electrons. The second-order valence-corrected chi connectivity index (χ2v) is 5.57. The first-order valence-electron chi connectivity index (χ1n) is 6.88. The zero-order valence-corrected chi connectivity index (χ0v) is 13.5. The van der Waals surface area contributed by atoms with Crippen molar-refractivity contribution in [1.82, 2.24) is 15.0 Å². The molecule has 0 bridgehead atoms. The van der Waals surface area contributed by atoms with Crippen molar-refractivity contribution in [2.75, 3.05) is 10.6 Å². The van der Waals surface area contributed by atoms with Crippen LogP contribution in [0, 0.1) is 0 Å². The summed E-state index contributed by atoms with van der Waals surface area (Å²) in [7, 11) is 0. The Kier molecular flexibility index (Phi) is 4.90. The van der Waals surface area contributed by atoms with Crippen LogP contribution in [0.3, 0.4) is 0 Å². The molecule has 5 nitrogen and oxygen atoms in total. The van der Waals surface area contributed by atoms with Crippen LogP contribution >= 0.6 is 23.2 Å². The van der Waals surface area contributed by atoms with Crippen LogP contribution in [-0.4, -0.2) is 15.0 Å². The molecular formula is C16H13Cl2N5. The summed E-state index contributed by atoms with van der Waals surface area (Å²) in [5, 5.41) is 7.38. The molecule has 0 saturated carbocycles. The zero-order valence-electron chi connectivity index (χ0n) is 12.0. The topological polar surface area (TPSA) is 62.7 Å². The predicted octanol–water partition coefficient (Wildman–Crippen LogP) is 4.53. The van der Waals surface area contributed by atoms with Crippen LogP contribution in [0.2, 0.25) is 10.0 Å². The van der Waals surface area contributed by atoms with Crippen molar-refractivity contribution in [3.05, 3.63) is 70.6 Å². The summed E-state index contributed by atoms with van der Waals surface area (Å²) in [6.45, 7) is 0.631. The van der Waals surface area contributed by atoms with Gasteiger partial charge in [-0.1, -0.05) is 29.3 Å². The Morgan fingerprint density at radius 1 is 1.04 bits per heavy atom. The Labute approximate surface area is 143 Å². The Balaban J connectivity index is 1.69. The molecule has 0 aliphatic heterocycles. The molecule has 2 N–H and O–H groups in total. The molecule has 2 heterocycles. The Hall–Kier alpha value is -2.37. The van der Waals surface area contributed by atoms with Gasteiger partial charge in [-0.3, -0.25) is 4.98 Å². The van der Waals surface area contributed by atoms with Crippen LogP contribution in [0.15, 0.2) is 55.0 Å². The number of nitrogens with zero attached hydrogens (tertiary/aromatic N) is 3. The number of hydrogen-bond donors (Lipinski definition) is 2. The van der Waals surface area contributed by atoms with Crippen molar-refractivity contribution >= 4 is 40.7 Å². The molecule has 116 valence electrons. The van der Waals surface area contributed by atoms with Gasteiger partial charge < -0.3 is 10.6 Å². The molecule has 0 amide bonds. The van der Waals surface area contributed by atoms with Gasteiger partial charge in [0.1, 0.15) is 5.82 Å². The van der Waals surface area contributed by atoms with Gasteiger partial charge >= 0.3 is 0 Å². The average Bonchev–Trinajstić information content (AvgIpc) is 2.57. The van der Waals surface area contributed by atoms with Crippen LogP contribution in [0.5, 0.6) is 0 Å². The van der Waals surface area contributed by atoms with Gasteiger partial charge in [0.05, 0.1) is 10.7 Å². The minimum Gasteiger partial charge on any atom is -0.366 e. The number of pyridine rings is 1. The maximum atomic E-state index is 6.14. The van der Waals surface area contributed by atoms with E-state index in [-0.39, 0.29) is 0 Å². The van der Waals surface area contributed by atoms with E-state index in [1.807, 2.05) is 12.1 Å². The van der Waals surface area contributed by atoms with Gasteiger partial charge in [0.25, 0.3) is 0 Å². The summed E-state index contributed by atoms with van der Waals surface area (Å²) < 4.78 is 0. The molecule has 3 rings (SSSR count). The lowest BCUT2D eigenvalue weighted by atomic mass is 10.3. The molecule has 0 aliphatic carbocycles. The van der Waals surface area contributed by atoms with E-state index in [2.05, 4.69) is 25.6 Å². The molecular weight excluding hydrogens is 333 g/mol. The molecule has 0 fully saturated rings. The summed E-state index contributed by atoms with van der Waals surface area (Å²) in [5.74, 6) is 1.15. The monoisotopic (exact) mass is 345 g/mol. The summed E-state index contributed by atoms with van der Waals surface area (Å²) in [5.41, 5.74) is 1.77. The third-order valence-corrected chi connectivity index (χ3v) is 3.58. The van der Waals surface area contributed by atoms with Gasteiger partial charge in [0.2, 0.25) is 5.95 Å². The molecule has 0 aliphatic rings. The Morgan fingerprint density at radius 2 is 1.96 bits per heavy atom. The molecule has 0 unspecified atom stereocenters.